The summed E-state index contributed by atoms with van der Waals surface area (Å²) < 4.78 is 9.44. The van der Waals surface area contributed by atoms with Crippen LogP contribution < -0.4 is 0 Å². The van der Waals surface area contributed by atoms with E-state index < -0.39 is 11.9 Å². The molecule has 0 unspecified atom stereocenters. The minimum atomic E-state index is -0.431. The molecule has 0 atom stereocenters. The fraction of sp³-hybridized carbons (Fsp3) is 0.400. The summed E-state index contributed by atoms with van der Waals surface area (Å²) in [7, 11) is 1.31. The summed E-state index contributed by atoms with van der Waals surface area (Å²) in [5.74, 6) is -0.825. The fourth-order valence-corrected chi connectivity index (χ4v) is 2.08. The number of ether oxygens (including phenoxy) is 2. The summed E-state index contributed by atoms with van der Waals surface area (Å²) in [5.41, 5.74) is 1.04. The lowest BCUT2D eigenvalue weighted by Crippen LogP contribution is -2.06. The minimum absolute atomic E-state index is 0.323. The zero-order valence-corrected chi connectivity index (χ0v) is 9.64. The molecule has 1 heterocycles. The van der Waals surface area contributed by atoms with Crippen molar-refractivity contribution >= 4 is 23.3 Å². The van der Waals surface area contributed by atoms with Crippen LogP contribution in [0.25, 0.3) is 0 Å². The van der Waals surface area contributed by atoms with Crippen LogP contribution >= 0.6 is 11.3 Å². The van der Waals surface area contributed by atoms with E-state index in [0.717, 1.165) is 0 Å². The first kappa shape index (κ1) is 11.7. The van der Waals surface area contributed by atoms with Crippen molar-refractivity contribution < 1.29 is 19.1 Å². The maximum absolute atomic E-state index is 11.4. The third kappa shape index (κ3) is 2.36. The number of rotatable bonds is 3. The van der Waals surface area contributed by atoms with Gasteiger partial charge in [0.1, 0.15) is 4.88 Å². The molecule has 0 spiro atoms. The Morgan fingerprint density at radius 3 is 2.60 bits per heavy atom. The number of carbonyl (C=O) groups excluding carboxylic acids is 2. The van der Waals surface area contributed by atoms with Gasteiger partial charge in [0.05, 0.1) is 19.3 Å². The second kappa shape index (κ2) is 4.93. The lowest BCUT2D eigenvalue weighted by Gasteiger charge is -2.01. The predicted octanol–water partition coefficient (Wildman–Crippen LogP) is 2.02. The average Bonchev–Trinajstić information content (AvgIpc) is 2.59. The van der Waals surface area contributed by atoms with Gasteiger partial charge in [-0.15, -0.1) is 11.3 Å². The van der Waals surface area contributed by atoms with Crippen molar-refractivity contribution in [3.63, 3.8) is 0 Å². The number of carbonyl (C=O) groups is 2. The molecule has 0 saturated carbocycles. The molecule has 1 rings (SSSR count). The van der Waals surface area contributed by atoms with E-state index in [9.17, 15) is 9.59 Å². The van der Waals surface area contributed by atoms with Crippen molar-refractivity contribution in [2.24, 2.45) is 0 Å². The van der Waals surface area contributed by atoms with Crippen molar-refractivity contribution in [2.45, 2.75) is 13.8 Å². The highest BCUT2D eigenvalue weighted by Gasteiger charge is 2.19. The number of esters is 2. The molecule has 0 fully saturated rings. The Hall–Kier alpha value is -1.36. The summed E-state index contributed by atoms with van der Waals surface area (Å²) in [6.45, 7) is 3.76. The third-order valence-electron chi connectivity index (χ3n) is 1.91. The lowest BCUT2D eigenvalue weighted by atomic mass is 10.2. The van der Waals surface area contributed by atoms with Gasteiger partial charge in [0.15, 0.2) is 0 Å². The number of hydrogen-bond donors (Lipinski definition) is 0. The maximum atomic E-state index is 11.4. The van der Waals surface area contributed by atoms with E-state index in [-0.39, 0.29) is 0 Å². The van der Waals surface area contributed by atoms with Crippen molar-refractivity contribution in [2.75, 3.05) is 13.7 Å². The first-order valence-corrected chi connectivity index (χ1v) is 5.33. The van der Waals surface area contributed by atoms with Gasteiger partial charge in [-0.1, -0.05) is 0 Å². The van der Waals surface area contributed by atoms with E-state index in [4.69, 9.17) is 4.74 Å². The van der Waals surface area contributed by atoms with Crippen LogP contribution in [0.15, 0.2) is 5.38 Å². The Morgan fingerprint density at radius 2 is 2.07 bits per heavy atom. The van der Waals surface area contributed by atoms with E-state index in [1.807, 2.05) is 0 Å². The molecule has 0 aliphatic carbocycles. The molecule has 1 aromatic rings. The molecule has 0 aromatic carbocycles. The van der Waals surface area contributed by atoms with Gasteiger partial charge < -0.3 is 9.47 Å². The van der Waals surface area contributed by atoms with Crippen LogP contribution in [0, 0.1) is 6.92 Å². The molecule has 15 heavy (non-hydrogen) atoms. The van der Waals surface area contributed by atoms with E-state index in [1.165, 1.54) is 18.4 Å². The fourth-order valence-electron chi connectivity index (χ4n) is 1.13. The van der Waals surface area contributed by atoms with Crippen LogP contribution in [0.3, 0.4) is 0 Å². The molecule has 0 amide bonds. The summed E-state index contributed by atoms with van der Waals surface area (Å²) in [4.78, 5) is 23.1. The summed E-state index contributed by atoms with van der Waals surface area (Å²) in [6.07, 6.45) is 0. The number of thiophene rings is 1. The largest absolute Gasteiger partial charge is 0.465 e. The highest BCUT2D eigenvalue weighted by atomic mass is 32.1. The smallest absolute Gasteiger partial charge is 0.348 e. The molecule has 0 aliphatic rings. The van der Waals surface area contributed by atoms with Gasteiger partial charge in [-0.3, -0.25) is 0 Å². The number of methoxy groups -OCH3 is 1. The van der Waals surface area contributed by atoms with Crippen molar-refractivity contribution in [1.82, 2.24) is 0 Å². The van der Waals surface area contributed by atoms with Crippen LogP contribution in [0.5, 0.6) is 0 Å². The monoisotopic (exact) mass is 228 g/mol. The van der Waals surface area contributed by atoms with Crippen molar-refractivity contribution in [1.29, 1.82) is 0 Å². The lowest BCUT2D eigenvalue weighted by molar-refractivity contribution is 0.0531. The molecule has 5 heteroatoms. The van der Waals surface area contributed by atoms with Crippen LogP contribution in [0.4, 0.5) is 0 Å². The van der Waals surface area contributed by atoms with Gasteiger partial charge in [0.2, 0.25) is 0 Å². The van der Waals surface area contributed by atoms with E-state index >= 15 is 0 Å². The van der Waals surface area contributed by atoms with Crippen molar-refractivity contribution in [3.05, 3.63) is 21.4 Å². The van der Waals surface area contributed by atoms with Crippen LogP contribution in [-0.2, 0) is 9.47 Å². The molecule has 0 aliphatic heterocycles. The van der Waals surface area contributed by atoms with E-state index in [1.54, 1.807) is 19.2 Å². The molecule has 1 aromatic heterocycles. The van der Waals surface area contributed by atoms with Gasteiger partial charge in [0, 0.05) is 5.38 Å². The van der Waals surface area contributed by atoms with Gasteiger partial charge in [-0.2, -0.15) is 0 Å². The predicted molar refractivity (Wildman–Crippen MR) is 56.4 cm³/mol. The molecular weight excluding hydrogens is 216 g/mol. The second-order valence-electron chi connectivity index (χ2n) is 2.82. The third-order valence-corrected chi connectivity index (χ3v) is 2.97. The van der Waals surface area contributed by atoms with Gasteiger partial charge in [0.25, 0.3) is 0 Å². The van der Waals surface area contributed by atoms with Crippen LogP contribution in [0.2, 0.25) is 0 Å². The summed E-state index contributed by atoms with van der Waals surface area (Å²) in [6, 6.07) is 0. The topological polar surface area (TPSA) is 52.6 Å². The Labute approximate surface area is 91.8 Å². The zero-order valence-electron chi connectivity index (χ0n) is 8.83. The maximum Gasteiger partial charge on any atom is 0.348 e. The Kier molecular flexibility index (Phi) is 3.85. The molecule has 0 N–H and O–H groups in total. The molecular formula is C10H12O4S. The number of hydrogen-bond acceptors (Lipinski definition) is 5. The molecule has 0 radical (unpaired) electrons. The highest BCUT2D eigenvalue weighted by molar-refractivity contribution is 7.12. The van der Waals surface area contributed by atoms with Gasteiger partial charge in [-0.25, -0.2) is 9.59 Å². The standard InChI is InChI=1S/C10H12O4S/c1-4-14-10(12)8-6(2)7(5-15-8)9(11)13-3/h5H,4H2,1-3H3. The van der Waals surface area contributed by atoms with Crippen LogP contribution in [0.1, 0.15) is 32.5 Å². The molecule has 0 saturated heterocycles. The minimum Gasteiger partial charge on any atom is -0.465 e. The van der Waals surface area contributed by atoms with E-state index in [2.05, 4.69) is 4.74 Å². The molecule has 4 nitrogen and oxygen atoms in total. The Bertz CT molecular complexity index is 381. The average molecular weight is 228 g/mol. The van der Waals surface area contributed by atoms with E-state index in [0.29, 0.717) is 22.6 Å². The second-order valence-corrected chi connectivity index (χ2v) is 3.70. The van der Waals surface area contributed by atoms with Gasteiger partial charge in [-0.05, 0) is 19.4 Å². The van der Waals surface area contributed by atoms with Gasteiger partial charge >= 0.3 is 11.9 Å². The first-order chi connectivity index (χ1) is 7.11. The molecule has 82 valence electrons. The van der Waals surface area contributed by atoms with Crippen LogP contribution in [-0.4, -0.2) is 25.7 Å². The summed E-state index contributed by atoms with van der Waals surface area (Å²) in [5, 5.41) is 1.60. The summed E-state index contributed by atoms with van der Waals surface area (Å²) >= 11 is 1.19. The zero-order chi connectivity index (χ0) is 11.4. The Morgan fingerprint density at radius 1 is 1.40 bits per heavy atom. The van der Waals surface area contributed by atoms with Crippen molar-refractivity contribution in [3.8, 4) is 0 Å². The Balaban J connectivity index is 2.98. The molecule has 0 bridgehead atoms. The highest BCUT2D eigenvalue weighted by Crippen LogP contribution is 2.23. The normalized spacial score (nSPS) is 9.80. The first-order valence-electron chi connectivity index (χ1n) is 4.45. The quantitative estimate of drug-likeness (QED) is 0.743. The SMILES string of the molecule is CCOC(=O)c1scc(C(=O)OC)c1C.